The molecule has 0 radical (unpaired) electrons. The van der Waals surface area contributed by atoms with Crippen LogP contribution in [0.15, 0.2) is 24.3 Å². The minimum atomic E-state index is -0.131. The predicted molar refractivity (Wildman–Crippen MR) is 82.5 cm³/mol. The average Bonchev–Trinajstić information content (AvgIpc) is 2.45. The van der Waals surface area contributed by atoms with Gasteiger partial charge in [-0.1, -0.05) is 26.0 Å². The maximum Gasteiger partial charge on any atom is 0.123 e. The van der Waals surface area contributed by atoms with Gasteiger partial charge < -0.3 is 5.32 Å². The van der Waals surface area contributed by atoms with E-state index < -0.39 is 0 Å². The van der Waals surface area contributed by atoms with Gasteiger partial charge in [-0.05, 0) is 43.9 Å². The van der Waals surface area contributed by atoms with Crippen molar-refractivity contribution < 1.29 is 4.39 Å². The van der Waals surface area contributed by atoms with Gasteiger partial charge in [-0.2, -0.15) is 0 Å². The van der Waals surface area contributed by atoms with Gasteiger partial charge in [0.05, 0.1) is 0 Å². The summed E-state index contributed by atoms with van der Waals surface area (Å²) < 4.78 is 13.2. The lowest BCUT2D eigenvalue weighted by molar-refractivity contribution is 0.0832. The molecule has 112 valence electrons. The van der Waals surface area contributed by atoms with Crippen molar-refractivity contribution in [2.24, 2.45) is 0 Å². The van der Waals surface area contributed by atoms with Crippen LogP contribution in [-0.4, -0.2) is 36.1 Å². The molecule has 0 aliphatic carbocycles. The molecule has 2 unspecified atom stereocenters. The SMILES string of the molecule is CCC1CNC(C)(CC)CN1CCc1cccc(F)c1. The molecule has 0 aromatic heterocycles. The number of benzene rings is 1. The lowest BCUT2D eigenvalue weighted by Crippen LogP contribution is -2.62. The highest BCUT2D eigenvalue weighted by molar-refractivity contribution is 5.16. The molecule has 2 nitrogen and oxygen atoms in total. The second-order valence-electron chi connectivity index (χ2n) is 6.21. The first-order valence-corrected chi connectivity index (χ1v) is 7.80. The summed E-state index contributed by atoms with van der Waals surface area (Å²) in [6, 6.07) is 7.59. The summed E-state index contributed by atoms with van der Waals surface area (Å²) in [5.41, 5.74) is 1.31. The Morgan fingerprint density at radius 1 is 1.40 bits per heavy atom. The maximum absolute atomic E-state index is 13.2. The van der Waals surface area contributed by atoms with Crippen molar-refractivity contribution in [1.29, 1.82) is 0 Å². The highest BCUT2D eigenvalue weighted by Gasteiger charge is 2.33. The van der Waals surface area contributed by atoms with Crippen LogP contribution in [0.25, 0.3) is 0 Å². The summed E-state index contributed by atoms with van der Waals surface area (Å²) in [6.07, 6.45) is 3.23. The highest BCUT2D eigenvalue weighted by Crippen LogP contribution is 2.20. The molecular weight excluding hydrogens is 251 g/mol. The summed E-state index contributed by atoms with van der Waals surface area (Å²) in [5.74, 6) is -0.131. The van der Waals surface area contributed by atoms with E-state index in [1.54, 1.807) is 12.1 Å². The van der Waals surface area contributed by atoms with Crippen molar-refractivity contribution in [3.8, 4) is 0 Å². The van der Waals surface area contributed by atoms with Gasteiger partial charge >= 0.3 is 0 Å². The zero-order chi connectivity index (χ0) is 14.6. The largest absolute Gasteiger partial charge is 0.309 e. The Hall–Kier alpha value is -0.930. The quantitative estimate of drug-likeness (QED) is 0.889. The van der Waals surface area contributed by atoms with E-state index in [4.69, 9.17) is 0 Å². The Kier molecular flexibility index (Phi) is 5.17. The summed E-state index contributed by atoms with van der Waals surface area (Å²) in [5, 5.41) is 3.68. The first-order chi connectivity index (χ1) is 9.56. The Morgan fingerprint density at radius 2 is 2.20 bits per heavy atom. The van der Waals surface area contributed by atoms with Crippen LogP contribution < -0.4 is 5.32 Å². The number of nitrogens with zero attached hydrogens (tertiary/aromatic N) is 1. The third-order valence-corrected chi connectivity index (χ3v) is 4.66. The first kappa shape index (κ1) is 15.5. The molecule has 0 bridgehead atoms. The Balaban J connectivity index is 1.98. The second-order valence-corrected chi connectivity index (χ2v) is 6.21. The summed E-state index contributed by atoms with van der Waals surface area (Å²) in [6.45, 7) is 9.94. The third-order valence-electron chi connectivity index (χ3n) is 4.66. The fourth-order valence-corrected chi connectivity index (χ4v) is 2.99. The summed E-state index contributed by atoms with van der Waals surface area (Å²) in [7, 11) is 0. The van der Waals surface area contributed by atoms with Gasteiger partial charge in [0, 0.05) is 31.2 Å². The van der Waals surface area contributed by atoms with Crippen molar-refractivity contribution >= 4 is 0 Å². The monoisotopic (exact) mass is 278 g/mol. The second kappa shape index (κ2) is 6.68. The molecule has 1 fully saturated rings. The fraction of sp³-hybridized carbons (Fsp3) is 0.647. The molecule has 1 aliphatic rings. The van der Waals surface area contributed by atoms with Crippen LogP contribution in [0.2, 0.25) is 0 Å². The Morgan fingerprint density at radius 3 is 2.85 bits per heavy atom. The molecule has 1 aromatic carbocycles. The minimum Gasteiger partial charge on any atom is -0.309 e. The number of hydrogen-bond acceptors (Lipinski definition) is 2. The highest BCUT2D eigenvalue weighted by atomic mass is 19.1. The van der Waals surface area contributed by atoms with E-state index >= 15 is 0 Å². The van der Waals surface area contributed by atoms with E-state index in [1.165, 1.54) is 6.07 Å². The predicted octanol–water partition coefficient (Wildman–Crippen LogP) is 3.22. The molecule has 20 heavy (non-hydrogen) atoms. The molecule has 1 aliphatic heterocycles. The molecular formula is C17H27FN2. The molecule has 0 saturated carbocycles. The van der Waals surface area contributed by atoms with Crippen LogP contribution >= 0.6 is 0 Å². The van der Waals surface area contributed by atoms with Crippen LogP contribution in [-0.2, 0) is 6.42 Å². The van der Waals surface area contributed by atoms with E-state index in [0.717, 1.165) is 44.5 Å². The van der Waals surface area contributed by atoms with E-state index in [9.17, 15) is 4.39 Å². The normalized spacial score (nSPS) is 27.7. The van der Waals surface area contributed by atoms with Gasteiger partial charge in [-0.15, -0.1) is 0 Å². The van der Waals surface area contributed by atoms with Crippen molar-refractivity contribution in [3.63, 3.8) is 0 Å². The number of rotatable bonds is 5. The van der Waals surface area contributed by atoms with Gasteiger partial charge in [0.25, 0.3) is 0 Å². The van der Waals surface area contributed by atoms with Gasteiger partial charge in [0.2, 0.25) is 0 Å². The zero-order valence-electron chi connectivity index (χ0n) is 13.0. The van der Waals surface area contributed by atoms with Crippen LogP contribution in [0.3, 0.4) is 0 Å². The number of nitrogens with one attached hydrogen (secondary N) is 1. The van der Waals surface area contributed by atoms with Crippen molar-refractivity contribution in [3.05, 3.63) is 35.6 Å². The van der Waals surface area contributed by atoms with Crippen LogP contribution in [0.5, 0.6) is 0 Å². The third kappa shape index (κ3) is 3.80. The summed E-state index contributed by atoms with van der Waals surface area (Å²) in [4.78, 5) is 2.57. The van der Waals surface area contributed by atoms with Gasteiger partial charge in [-0.3, -0.25) is 4.90 Å². The molecule has 0 spiro atoms. The lowest BCUT2D eigenvalue weighted by atomic mass is 9.92. The van der Waals surface area contributed by atoms with E-state index in [1.807, 2.05) is 6.07 Å². The molecule has 1 N–H and O–H groups in total. The molecule has 3 heteroatoms. The van der Waals surface area contributed by atoms with Gasteiger partial charge in [0.1, 0.15) is 5.82 Å². The molecule has 2 rings (SSSR count). The molecule has 1 saturated heterocycles. The topological polar surface area (TPSA) is 15.3 Å². The van der Waals surface area contributed by atoms with Crippen LogP contribution in [0.4, 0.5) is 4.39 Å². The zero-order valence-corrected chi connectivity index (χ0v) is 13.0. The van der Waals surface area contributed by atoms with Crippen molar-refractivity contribution in [2.45, 2.75) is 51.6 Å². The fourth-order valence-electron chi connectivity index (χ4n) is 2.99. The Labute approximate surface area is 122 Å². The molecule has 1 aromatic rings. The molecule has 2 atom stereocenters. The lowest BCUT2D eigenvalue weighted by Gasteiger charge is -2.46. The summed E-state index contributed by atoms with van der Waals surface area (Å²) >= 11 is 0. The average molecular weight is 278 g/mol. The maximum atomic E-state index is 13.2. The van der Waals surface area contributed by atoms with Crippen molar-refractivity contribution in [2.75, 3.05) is 19.6 Å². The standard InChI is InChI=1S/C17H27FN2/c1-4-16-12-19-17(3,5-2)13-20(16)10-9-14-7-6-8-15(18)11-14/h6-8,11,16,19H,4-5,9-10,12-13H2,1-3H3. The van der Waals surface area contributed by atoms with Crippen LogP contribution in [0, 0.1) is 5.82 Å². The number of hydrogen-bond donors (Lipinski definition) is 1. The van der Waals surface area contributed by atoms with E-state index in [0.29, 0.717) is 6.04 Å². The van der Waals surface area contributed by atoms with Gasteiger partial charge in [-0.25, -0.2) is 4.39 Å². The van der Waals surface area contributed by atoms with E-state index in [-0.39, 0.29) is 11.4 Å². The smallest absolute Gasteiger partial charge is 0.123 e. The minimum absolute atomic E-state index is 0.131. The van der Waals surface area contributed by atoms with Crippen LogP contribution in [0.1, 0.15) is 39.2 Å². The Bertz CT molecular complexity index is 435. The molecule has 1 heterocycles. The number of piperazine rings is 1. The van der Waals surface area contributed by atoms with Crippen molar-refractivity contribution in [1.82, 2.24) is 10.2 Å². The molecule has 0 amide bonds. The van der Waals surface area contributed by atoms with E-state index in [2.05, 4.69) is 31.0 Å². The first-order valence-electron chi connectivity index (χ1n) is 7.80. The van der Waals surface area contributed by atoms with Gasteiger partial charge in [0.15, 0.2) is 0 Å². The number of halogens is 1.